The SMILES string of the molecule is O=C(CCc1cc2ccccc2o1)N1CCN(c2nccs2)CC1. The van der Waals surface area contributed by atoms with Crippen LogP contribution in [0.15, 0.2) is 46.3 Å². The predicted octanol–water partition coefficient (Wildman–Crippen LogP) is 3.17. The first-order chi connectivity index (χ1) is 11.8. The Morgan fingerprint density at radius 1 is 1.21 bits per heavy atom. The molecule has 0 saturated carbocycles. The maximum absolute atomic E-state index is 12.4. The van der Waals surface area contributed by atoms with Gasteiger partial charge in [-0.3, -0.25) is 4.79 Å². The van der Waals surface area contributed by atoms with Crippen LogP contribution in [0.1, 0.15) is 12.2 Å². The molecule has 0 N–H and O–H groups in total. The Morgan fingerprint density at radius 2 is 2.04 bits per heavy atom. The molecule has 5 nitrogen and oxygen atoms in total. The number of carbonyl (C=O) groups is 1. The number of hydrogen-bond acceptors (Lipinski definition) is 5. The monoisotopic (exact) mass is 341 g/mol. The average Bonchev–Trinajstić information content (AvgIpc) is 3.29. The smallest absolute Gasteiger partial charge is 0.223 e. The van der Waals surface area contributed by atoms with Crippen LogP contribution in [0.25, 0.3) is 11.0 Å². The second-order valence-electron chi connectivity index (χ2n) is 5.93. The van der Waals surface area contributed by atoms with E-state index in [-0.39, 0.29) is 5.91 Å². The number of piperazine rings is 1. The van der Waals surface area contributed by atoms with Gasteiger partial charge in [0, 0.05) is 56.0 Å². The highest BCUT2D eigenvalue weighted by molar-refractivity contribution is 7.13. The fraction of sp³-hybridized carbons (Fsp3) is 0.333. The Labute approximate surface area is 144 Å². The molecule has 6 heteroatoms. The van der Waals surface area contributed by atoms with E-state index in [1.165, 1.54) is 0 Å². The van der Waals surface area contributed by atoms with Crippen LogP contribution in [0.5, 0.6) is 0 Å². The number of thiazole rings is 1. The molecule has 0 spiro atoms. The zero-order valence-corrected chi connectivity index (χ0v) is 14.2. The first-order valence-corrected chi connectivity index (χ1v) is 9.07. The van der Waals surface area contributed by atoms with Gasteiger partial charge in [-0.2, -0.15) is 0 Å². The van der Waals surface area contributed by atoms with Gasteiger partial charge in [0.1, 0.15) is 11.3 Å². The number of anilines is 1. The van der Waals surface area contributed by atoms with Crippen LogP contribution in [0.2, 0.25) is 0 Å². The third kappa shape index (κ3) is 3.14. The lowest BCUT2D eigenvalue weighted by atomic mass is 10.2. The molecule has 24 heavy (non-hydrogen) atoms. The standard InChI is InChI=1S/C18H19N3O2S/c22-17(6-5-15-13-14-3-1-2-4-16(14)23-15)20-8-10-21(11-9-20)18-19-7-12-24-18/h1-4,7,12-13H,5-6,8-11H2. The molecule has 1 aromatic carbocycles. The highest BCUT2D eigenvalue weighted by Crippen LogP contribution is 2.21. The van der Waals surface area contributed by atoms with Crippen molar-refractivity contribution >= 4 is 33.3 Å². The topological polar surface area (TPSA) is 49.6 Å². The second kappa shape index (κ2) is 6.65. The molecule has 0 aliphatic carbocycles. The largest absolute Gasteiger partial charge is 0.461 e. The molecule has 1 fully saturated rings. The van der Waals surface area contributed by atoms with E-state index >= 15 is 0 Å². The summed E-state index contributed by atoms with van der Waals surface area (Å²) in [7, 11) is 0. The summed E-state index contributed by atoms with van der Waals surface area (Å²) < 4.78 is 5.79. The van der Waals surface area contributed by atoms with E-state index in [4.69, 9.17) is 4.42 Å². The van der Waals surface area contributed by atoms with Crippen molar-refractivity contribution in [1.29, 1.82) is 0 Å². The predicted molar refractivity (Wildman–Crippen MR) is 95.4 cm³/mol. The van der Waals surface area contributed by atoms with Gasteiger partial charge in [-0.15, -0.1) is 11.3 Å². The van der Waals surface area contributed by atoms with Gasteiger partial charge in [0.25, 0.3) is 0 Å². The Morgan fingerprint density at radius 3 is 2.79 bits per heavy atom. The first kappa shape index (κ1) is 15.2. The Balaban J connectivity index is 1.30. The molecule has 0 bridgehead atoms. The van der Waals surface area contributed by atoms with Crippen molar-refractivity contribution in [2.75, 3.05) is 31.1 Å². The Hall–Kier alpha value is -2.34. The van der Waals surface area contributed by atoms with E-state index in [1.807, 2.05) is 46.8 Å². The number of hydrogen-bond donors (Lipinski definition) is 0. The number of para-hydroxylation sites is 1. The lowest BCUT2D eigenvalue weighted by Crippen LogP contribution is -2.48. The van der Waals surface area contributed by atoms with Crippen molar-refractivity contribution in [3.63, 3.8) is 0 Å². The molecule has 2 aromatic heterocycles. The number of aromatic nitrogens is 1. The number of furan rings is 1. The van der Waals surface area contributed by atoms with Crippen molar-refractivity contribution in [1.82, 2.24) is 9.88 Å². The van der Waals surface area contributed by atoms with Crippen LogP contribution in [-0.4, -0.2) is 42.0 Å². The van der Waals surface area contributed by atoms with Crippen molar-refractivity contribution in [3.8, 4) is 0 Å². The van der Waals surface area contributed by atoms with Crippen LogP contribution in [0.4, 0.5) is 5.13 Å². The van der Waals surface area contributed by atoms with Crippen LogP contribution in [-0.2, 0) is 11.2 Å². The van der Waals surface area contributed by atoms with Gasteiger partial charge in [-0.05, 0) is 12.1 Å². The summed E-state index contributed by atoms with van der Waals surface area (Å²) in [5.74, 6) is 1.08. The highest BCUT2D eigenvalue weighted by Gasteiger charge is 2.22. The third-order valence-corrected chi connectivity index (χ3v) is 5.22. The normalized spacial score (nSPS) is 15.2. The van der Waals surface area contributed by atoms with Crippen molar-refractivity contribution in [2.24, 2.45) is 0 Å². The molecule has 0 atom stereocenters. The first-order valence-electron chi connectivity index (χ1n) is 8.19. The molecule has 3 aromatic rings. The molecule has 4 rings (SSSR count). The Kier molecular flexibility index (Phi) is 4.21. The van der Waals surface area contributed by atoms with E-state index in [1.54, 1.807) is 11.3 Å². The lowest BCUT2D eigenvalue weighted by Gasteiger charge is -2.34. The van der Waals surface area contributed by atoms with Gasteiger partial charge in [0.2, 0.25) is 5.91 Å². The molecule has 1 aliphatic heterocycles. The zero-order chi connectivity index (χ0) is 16.4. The van der Waals surface area contributed by atoms with Crippen LogP contribution in [0.3, 0.4) is 0 Å². The molecule has 1 amide bonds. The van der Waals surface area contributed by atoms with Gasteiger partial charge in [0.15, 0.2) is 5.13 Å². The quantitative estimate of drug-likeness (QED) is 0.731. The molecule has 0 radical (unpaired) electrons. The van der Waals surface area contributed by atoms with Crippen molar-refractivity contribution in [3.05, 3.63) is 47.7 Å². The van der Waals surface area contributed by atoms with E-state index in [9.17, 15) is 4.79 Å². The molecule has 0 unspecified atom stereocenters. The maximum Gasteiger partial charge on any atom is 0.223 e. The number of carbonyl (C=O) groups excluding carboxylic acids is 1. The van der Waals surface area contributed by atoms with Crippen LogP contribution >= 0.6 is 11.3 Å². The Bertz CT molecular complexity index is 787. The molecular weight excluding hydrogens is 322 g/mol. The maximum atomic E-state index is 12.4. The number of nitrogens with zero attached hydrogens (tertiary/aromatic N) is 3. The highest BCUT2D eigenvalue weighted by atomic mass is 32.1. The molecule has 124 valence electrons. The van der Waals surface area contributed by atoms with Crippen molar-refractivity contribution < 1.29 is 9.21 Å². The molecule has 3 heterocycles. The summed E-state index contributed by atoms with van der Waals surface area (Å²) >= 11 is 1.65. The minimum atomic E-state index is 0.203. The average molecular weight is 341 g/mol. The summed E-state index contributed by atoms with van der Waals surface area (Å²) in [4.78, 5) is 21.0. The number of aryl methyl sites for hydroxylation is 1. The fourth-order valence-corrected chi connectivity index (χ4v) is 3.76. The molecule has 1 saturated heterocycles. The van der Waals surface area contributed by atoms with Crippen molar-refractivity contribution in [2.45, 2.75) is 12.8 Å². The number of rotatable bonds is 4. The van der Waals surface area contributed by atoms with Gasteiger partial charge >= 0.3 is 0 Å². The minimum absolute atomic E-state index is 0.203. The molecular formula is C18H19N3O2S. The van der Waals surface area contributed by atoms with Crippen LogP contribution < -0.4 is 4.90 Å². The summed E-state index contributed by atoms with van der Waals surface area (Å²) in [6.07, 6.45) is 2.97. The van der Waals surface area contributed by atoms with E-state index in [2.05, 4.69) is 9.88 Å². The van der Waals surface area contributed by atoms with Gasteiger partial charge in [-0.25, -0.2) is 4.98 Å². The number of amides is 1. The number of benzene rings is 1. The van der Waals surface area contributed by atoms with Gasteiger partial charge < -0.3 is 14.2 Å². The summed E-state index contributed by atoms with van der Waals surface area (Å²) in [5, 5.41) is 4.13. The lowest BCUT2D eigenvalue weighted by molar-refractivity contribution is -0.131. The van der Waals surface area contributed by atoms with E-state index in [0.29, 0.717) is 12.8 Å². The fourth-order valence-electron chi connectivity index (χ4n) is 3.07. The van der Waals surface area contributed by atoms with E-state index in [0.717, 1.165) is 48.0 Å². The summed E-state index contributed by atoms with van der Waals surface area (Å²) in [6, 6.07) is 9.97. The second-order valence-corrected chi connectivity index (χ2v) is 6.81. The minimum Gasteiger partial charge on any atom is -0.461 e. The van der Waals surface area contributed by atoms with Gasteiger partial charge in [-0.1, -0.05) is 18.2 Å². The third-order valence-electron chi connectivity index (χ3n) is 4.38. The zero-order valence-electron chi connectivity index (χ0n) is 13.4. The number of fused-ring (bicyclic) bond motifs is 1. The van der Waals surface area contributed by atoms with E-state index < -0.39 is 0 Å². The molecule has 1 aliphatic rings. The van der Waals surface area contributed by atoms with Crippen LogP contribution in [0, 0.1) is 0 Å². The van der Waals surface area contributed by atoms with Gasteiger partial charge in [0.05, 0.1) is 0 Å². The summed E-state index contributed by atoms with van der Waals surface area (Å²) in [5.41, 5.74) is 0.886. The summed E-state index contributed by atoms with van der Waals surface area (Å²) in [6.45, 7) is 3.23.